The van der Waals surface area contributed by atoms with Crippen LogP contribution in [0.15, 0.2) is 42.5 Å². The lowest BCUT2D eigenvalue weighted by atomic mass is 10.1. The van der Waals surface area contributed by atoms with E-state index >= 15 is 0 Å². The number of carbonyl (C=O) groups excluding carboxylic acids is 1. The average molecular weight is 289 g/mol. The zero-order chi connectivity index (χ0) is 15.6. The summed E-state index contributed by atoms with van der Waals surface area (Å²) in [6, 6.07) is 9.44. The predicted octanol–water partition coefficient (Wildman–Crippen LogP) is 3.07. The Morgan fingerprint density at radius 2 is 1.76 bits per heavy atom. The van der Waals surface area contributed by atoms with E-state index in [9.17, 15) is 19.4 Å². The molecule has 0 spiro atoms. The molecule has 1 amide bonds. The number of halogens is 1. The van der Waals surface area contributed by atoms with Crippen molar-refractivity contribution < 1.29 is 19.4 Å². The van der Waals surface area contributed by atoms with Crippen molar-refractivity contribution in [2.24, 2.45) is 0 Å². The first-order valence-corrected chi connectivity index (χ1v) is 6.44. The van der Waals surface area contributed by atoms with Crippen molar-refractivity contribution >= 4 is 5.91 Å². The molecule has 2 rings (SSSR count). The van der Waals surface area contributed by atoms with Crippen LogP contribution in [0.2, 0.25) is 0 Å². The van der Waals surface area contributed by atoms with Crippen LogP contribution in [0.5, 0.6) is 11.5 Å². The lowest BCUT2D eigenvalue weighted by Crippen LogP contribution is -2.29. The van der Waals surface area contributed by atoms with E-state index < -0.39 is 11.7 Å². The summed E-state index contributed by atoms with van der Waals surface area (Å²) in [4.78, 5) is 13.8. The van der Waals surface area contributed by atoms with E-state index in [1.165, 1.54) is 17.0 Å². The second-order valence-electron chi connectivity index (χ2n) is 4.85. The topological polar surface area (TPSA) is 60.8 Å². The molecule has 21 heavy (non-hydrogen) atoms. The quantitative estimate of drug-likeness (QED) is 0.913. The molecule has 0 saturated carbocycles. The van der Waals surface area contributed by atoms with Crippen LogP contribution < -0.4 is 0 Å². The molecular weight excluding hydrogens is 273 g/mol. The Balaban J connectivity index is 2.26. The summed E-state index contributed by atoms with van der Waals surface area (Å²) in [5, 5.41) is 19.0. The zero-order valence-electron chi connectivity index (χ0n) is 11.7. The molecule has 0 fully saturated rings. The summed E-state index contributed by atoms with van der Waals surface area (Å²) in [6.07, 6.45) is 0. The van der Waals surface area contributed by atoms with Gasteiger partial charge in [0.05, 0.1) is 11.6 Å². The number of amides is 1. The first-order chi connectivity index (χ1) is 9.90. The van der Waals surface area contributed by atoms with Crippen molar-refractivity contribution in [2.45, 2.75) is 13.0 Å². The summed E-state index contributed by atoms with van der Waals surface area (Å²) >= 11 is 0. The highest BCUT2D eigenvalue weighted by Crippen LogP contribution is 2.25. The van der Waals surface area contributed by atoms with Crippen LogP contribution in [0.25, 0.3) is 0 Å². The monoisotopic (exact) mass is 289 g/mol. The molecule has 0 heterocycles. The van der Waals surface area contributed by atoms with Crippen LogP contribution in [0, 0.1) is 5.82 Å². The molecular formula is C16H16FNO3. The Kier molecular flexibility index (Phi) is 4.12. The highest BCUT2D eigenvalue weighted by molar-refractivity contribution is 5.96. The number of hydrogen-bond donors (Lipinski definition) is 2. The molecule has 0 aliphatic rings. The number of phenolic OH excluding ortho intramolecular Hbond substituents is 2. The van der Waals surface area contributed by atoms with Crippen LogP contribution in [-0.2, 0) is 0 Å². The lowest BCUT2D eigenvalue weighted by molar-refractivity contribution is 0.0739. The molecule has 0 aliphatic carbocycles. The minimum absolute atomic E-state index is 0.0804. The minimum Gasteiger partial charge on any atom is -0.508 e. The van der Waals surface area contributed by atoms with Crippen LogP contribution >= 0.6 is 0 Å². The van der Waals surface area contributed by atoms with Gasteiger partial charge < -0.3 is 15.1 Å². The summed E-state index contributed by atoms with van der Waals surface area (Å²) < 4.78 is 13.2. The predicted molar refractivity (Wildman–Crippen MR) is 76.7 cm³/mol. The molecule has 4 nitrogen and oxygen atoms in total. The van der Waals surface area contributed by atoms with E-state index in [2.05, 4.69) is 0 Å². The fourth-order valence-electron chi connectivity index (χ4n) is 2.02. The van der Waals surface area contributed by atoms with Crippen LogP contribution in [0.4, 0.5) is 4.39 Å². The Bertz CT molecular complexity index is 655. The van der Waals surface area contributed by atoms with Gasteiger partial charge in [0, 0.05) is 7.05 Å². The Labute approximate surface area is 122 Å². The second kappa shape index (κ2) is 5.83. The molecule has 0 aromatic heterocycles. The van der Waals surface area contributed by atoms with Gasteiger partial charge >= 0.3 is 0 Å². The van der Waals surface area contributed by atoms with Gasteiger partial charge in [-0.25, -0.2) is 4.39 Å². The van der Waals surface area contributed by atoms with Crippen LogP contribution in [0.1, 0.15) is 28.9 Å². The molecule has 0 saturated heterocycles. The first-order valence-electron chi connectivity index (χ1n) is 6.44. The third-order valence-corrected chi connectivity index (χ3v) is 3.47. The van der Waals surface area contributed by atoms with E-state index in [0.717, 1.165) is 23.8 Å². The van der Waals surface area contributed by atoms with E-state index in [1.54, 1.807) is 26.1 Å². The van der Waals surface area contributed by atoms with Gasteiger partial charge in [-0.2, -0.15) is 0 Å². The van der Waals surface area contributed by atoms with Crippen molar-refractivity contribution in [1.82, 2.24) is 4.90 Å². The molecule has 2 N–H and O–H groups in total. The van der Waals surface area contributed by atoms with Gasteiger partial charge in [-0.05, 0) is 42.8 Å². The Hall–Kier alpha value is -2.56. The van der Waals surface area contributed by atoms with Gasteiger partial charge in [0.2, 0.25) is 0 Å². The van der Waals surface area contributed by atoms with Crippen molar-refractivity contribution in [1.29, 1.82) is 0 Å². The molecule has 0 aliphatic heterocycles. The highest BCUT2D eigenvalue weighted by atomic mass is 19.1. The molecule has 1 atom stereocenters. The van der Waals surface area contributed by atoms with Crippen molar-refractivity contribution in [3.8, 4) is 11.5 Å². The average Bonchev–Trinajstić information content (AvgIpc) is 2.48. The molecule has 0 radical (unpaired) electrons. The van der Waals surface area contributed by atoms with E-state index in [0.29, 0.717) is 0 Å². The van der Waals surface area contributed by atoms with Gasteiger partial charge in [0.15, 0.2) is 0 Å². The number of phenols is 2. The van der Waals surface area contributed by atoms with Crippen molar-refractivity contribution in [3.05, 3.63) is 59.4 Å². The van der Waals surface area contributed by atoms with Gasteiger partial charge in [-0.15, -0.1) is 0 Å². The fraction of sp³-hybridized carbons (Fsp3) is 0.188. The number of benzene rings is 2. The maximum Gasteiger partial charge on any atom is 0.257 e. The smallest absolute Gasteiger partial charge is 0.257 e. The third kappa shape index (κ3) is 3.13. The SMILES string of the molecule is CC(c1ccc(O)cc1)N(C)C(=O)c1cc(F)ccc1O. The Morgan fingerprint density at radius 1 is 1.14 bits per heavy atom. The standard InChI is InChI=1S/C16H16FNO3/c1-10(11-3-6-13(19)7-4-11)18(2)16(21)14-9-12(17)5-8-15(14)20/h3-10,19-20H,1-2H3. The maximum atomic E-state index is 13.2. The number of carbonyl (C=O) groups is 1. The highest BCUT2D eigenvalue weighted by Gasteiger charge is 2.21. The van der Waals surface area contributed by atoms with Crippen LogP contribution in [-0.4, -0.2) is 28.1 Å². The molecule has 110 valence electrons. The third-order valence-electron chi connectivity index (χ3n) is 3.47. The summed E-state index contributed by atoms with van der Waals surface area (Å²) in [7, 11) is 1.57. The largest absolute Gasteiger partial charge is 0.508 e. The molecule has 1 unspecified atom stereocenters. The molecule has 2 aromatic carbocycles. The Morgan fingerprint density at radius 3 is 2.38 bits per heavy atom. The van der Waals surface area contributed by atoms with Gasteiger partial charge in [-0.3, -0.25) is 4.79 Å². The van der Waals surface area contributed by atoms with Gasteiger partial charge in [0.1, 0.15) is 17.3 Å². The second-order valence-corrected chi connectivity index (χ2v) is 4.85. The minimum atomic E-state index is -0.582. The molecule has 0 bridgehead atoms. The maximum absolute atomic E-state index is 13.2. The van der Waals surface area contributed by atoms with E-state index in [4.69, 9.17) is 0 Å². The van der Waals surface area contributed by atoms with E-state index in [-0.39, 0.29) is 23.1 Å². The number of aromatic hydroxyl groups is 2. The van der Waals surface area contributed by atoms with E-state index in [1.807, 2.05) is 0 Å². The van der Waals surface area contributed by atoms with Crippen molar-refractivity contribution in [3.63, 3.8) is 0 Å². The summed E-state index contributed by atoms with van der Waals surface area (Å²) in [6.45, 7) is 1.81. The fourth-order valence-corrected chi connectivity index (χ4v) is 2.02. The summed E-state index contributed by atoms with van der Waals surface area (Å²) in [5.41, 5.74) is 0.739. The normalized spacial score (nSPS) is 12.0. The number of hydrogen-bond acceptors (Lipinski definition) is 3. The lowest BCUT2D eigenvalue weighted by Gasteiger charge is -2.25. The molecule has 5 heteroatoms. The zero-order valence-corrected chi connectivity index (χ0v) is 11.7. The number of rotatable bonds is 3. The van der Waals surface area contributed by atoms with Gasteiger partial charge in [-0.1, -0.05) is 12.1 Å². The van der Waals surface area contributed by atoms with Crippen molar-refractivity contribution in [2.75, 3.05) is 7.05 Å². The molecule has 2 aromatic rings. The number of nitrogens with zero attached hydrogens (tertiary/aromatic N) is 1. The van der Waals surface area contributed by atoms with Crippen LogP contribution in [0.3, 0.4) is 0 Å². The summed E-state index contributed by atoms with van der Waals surface area (Å²) in [5.74, 6) is -1.18. The first kappa shape index (κ1) is 14.8. The van der Waals surface area contributed by atoms with Gasteiger partial charge in [0.25, 0.3) is 5.91 Å².